The predicted octanol–water partition coefficient (Wildman–Crippen LogP) is 0.152. The van der Waals surface area contributed by atoms with Crippen molar-refractivity contribution < 1.29 is 19.4 Å². The Morgan fingerprint density at radius 3 is 2.42 bits per heavy atom. The van der Waals surface area contributed by atoms with Crippen molar-refractivity contribution in [3.63, 3.8) is 0 Å². The zero-order valence-electron chi connectivity index (χ0n) is 19.1. The van der Waals surface area contributed by atoms with Gasteiger partial charge in [0.1, 0.15) is 26.2 Å². The lowest BCUT2D eigenvalue weighted by atomic mass is 9.78. The van der Waals surface area contributed by atoms with Gasteiger partial charge >= 0.3 is 0 Å². The molecule has 6 heteroatoms. The zero-order valence-corrected chi connectivity index (χ0v) is 19.1. The number of piperidine rings is 1. The molecule has 4 rings (SSSR count). The Hall–Kier alpha value is -1.92. The van der Waals surface area contributed by atoms with E-state index in [2.05, 4.69) is 23.2 Å². The van der Waals surface area contributed by atoms with Crippen LogP contribution in [0, 0.1) is 5.92 Å². The van der Waals surface area contributed by atoms with E-state index in [0.717, 1.165) is 50.7 Å². The molecular weight excluding hydrogens is 388 g/mol. The Labute approximate surface area is 187 Å². The summed E-state index contributed by atoms with van der Waals surface area (Å²) in [5, 5.41) is 3.09. The number of carbonyl (C=O) groups excluding carboxylic acids is 2. The Kier molecular flexibility index (Phi) is 7.62. The number of benzene rings is 1. The van der Waals surface area contributed by atoms with Gasteiger partial charge in [0.2, 0.25) is 0 Å². The molecule has 3 N–H and O–H groups in total. The molecule has 0 radical (unpaired) electrons. The first-order valence-corrected chi connectivity index (χ1v) is 12.5. The normalized spacial score (nSPS) is 28.6. The largest absolute Gasteiger partial charge is 0.335 e. The van der Waals surface area contributed by atoms with E-state index in [1.165, 1.54) is 53.9 Å². The van der Waals surface area contributed by atoms with E-state index in [-0.39, 0.29) is 5.91 Å². The zero-order chi connectivity index (χ0) is 21.6. The molecule has 2 amide bonds. The topological polar surface area (TPSA) is 58.3 Å². The summed E-state index contributed by atoms with van der Waals surface area (Å²) in [6.07, 6.45) is 8.55. The van der Waals surface area contributed by atoms with E-state index < -0.39 is 0 Å². The minimum atomic E-state index is 0.0899. The first-order chi connectivity index (χ1) is 15.1. The number of hydrogen-bond acceptors (Lipinski definition) is 2. The average Bonchev–Trinajstić information content (AvgIpc) is 2.80. The van der Waals surface area contributed by atoms with Gasteiger partial charge in [0, 0.05) is 18.3 Å². The fraction of sp³-hybridized carbons (Fsp3) is 0.680. The third kappa shape index (κ3) is 5.66. The summed E-state index contributed by atoms with van der Waals surface area (Å²) in [5.74, 6) is 1.20. The van der Waals surface area contributed by atoms with E-state index in [9.17, 15) is 9.59 Å². The molecule has 0 spiro atoms. The van der Waals surface area contributed by atoms with Crippen molar-refractivity contribution in [2.45, 2.75) is 57.9 Å². The van der Waals surface area contributed by atoms with Crippen LogP contribution in [0.3, 0.4) is 0 Å². The van der Waals surface area contributed by atoms with Gasteiger partial charge in [-0.15, -0.1) is 0 Å². The number of amides is 2. The van der Waals surface area contributed by atoms with Crippen LogP contribution < -0.4 is 15.1 Å². The van der Waals surface area contributed by atoms with Crippen molar-refractivity contribution in [3.8, 4) is 0 Å². The summed E-state index contributed by atoms with van der Waals surface area (Å²) in [5.41, 5.74) is 2.11. The highest BCUT2D eigenvalue weighted by Gasteiger charge is 2.37. The van der Waals surface area contributed by atoms with Crippen LogP contribution in [-0.2, 0) is 16.0 Å². The lowest BCUT2D eigenvalue weighted by molar-refractivity contribution is -1.00. The predicted molar refractivity (Wildman–Crippen MR) is 122 cm³/mol. The lowest BCUT2D eigenvalue weighted by Gasteiger charge is -2.44. The van der Waals surface area contributed by atoms with Gasteiger partial charge in [0.05, 0.1) is 0 Å². The van der Waals surface area contributed by atoms with Gasteiger partial charge in [0.15, 0.2) is 13.1 Å². The molecule has 6 nitrogen and oxygen atoms in total. The van der Waals surface area contributed by atoms with Crippen LogP contribution in [0.1, 0.15) is 51.0 Å². The van der Waals surface area contributed by atoms with E-state index in [4.69, 9.17) is 0 Å². The van der Waals surface area contributed by atoms with Gasteiger partial charge in [-0.2, -0.15) is 0 Å². The monoisotopic (exact) mass is 428 g/mol. The van der Waals surface area contributed by atoms with Gasteiger partial charge in [-0.3, -0.25) is 9.59 Å². The molecule has 3 fully saturated rings. The number of aryl methyl sites for hydroxylation is 1. The molecule has 2 aliphatic heterocycles. The summed E-state index contributed by atoms with van der Waals surface area (Å²) in [7, 11) is 0. The molecule has 1 aromatic rings. The van der Waals surface area contributed by atoms with Crippen LogP contribution in [0.25, 0.3) is 0 Å². The molecule has 1 saturated carbocycles. The fourth-order valence-corrected chi connectivity index (χ4v) is 5.93. The summed E-state index contributed by atoms with van der Waals surface area (Å²) >= 11 is 0. The summed E-state index contributed by atoms with van der Waals surface area (Å²) in [6, 6.07) is 8.55. The van der Waals surface area contributed by atoms with Crippen LogP contribution in [0.5, 0.6) is 0 Å². The maximum atomic E-state index is 13.1. The summed E-state index contributed by atoms with van der Waals surface area (Å²) in [6.45, 7) is 8.07. The first kappa shape index (κ1) is 22.3. The second kappa shape index (κ2) is 10.6. The van der Waals surface area contributed by atoms with Crippen molar-refractivity contribution in [2.24, 2.45) is 5.92 Å². The van der Waals surface area contributed by atoms with Crippen LogP contribution in [0.4, 0.5) is 5.69 Å². The Morgan fingerprint density at radius 1 is 0.968 bits per heavy atom. The molecule has 2 atom stereocenters. The number of quaternary nitrogens is 2. The molecule has 0 unspecified atom stereocenters. The van der Waals surface area contributed by atoms with Crippen molar-refractivity contribution in [2.75, 3.05) is 51.1 Å². The van der Waals surface area contributed by atoms with E-state index >= 15 is 0 Å². The molecular formula is C25H40N4O2+2. The third-order valence-corrected chi connectivity index (χ3v) is 7.71. The van der Waals surface area contributed by atoms with Crippen molar-refractivity contribution >= 4 is 17.5 Å². The van der Waals surface area contributed by atoms with Crippen LogP contribution in [0.15, 0.2) is 24.3 Å². The highest BCUT2D eigenvalue weighted by atomic mass is 16.2. The first-order valence-electron chi connectivity index (χ1n) is 12.5. The number of likely N-dealkylation sites (tertiary alicyclic amines) is 1. The summed E-state index contributed by atoms with van der Waals surface area (Å²) in [4.78, 5) is 30.6. The maximum Gasteiger partial charge on any atom is 0.279 e. The molecule has 1 aliphatic carbocycles. The van der Waals surface area contributed by atoms with Gasteiger partial charge in [-0.25, -0.2) is 0 Å². The number of nitrogens with one attached hydrogen (secondary N) is 3. The van der Waals surface area contributed by atoms with E-state index in [1.54, 1.807) is 0 Å². The molecule has 31 heavy (non-hydrogen) atoms. The van der Waals surface area contributed by atoms with Gasteiger partial charge < -0.3 is 20.0 Å². The molecule has 0 bridgehead atoms. The lowest BCUT2D eigenvalue weighted by Crippen LogP contribution is -3.28. The number of hydrogen-bond donors (Lipinski definition) is 3. The van der Waals surface area contributed by atoms with E-state index in [1.807, 2.05) is 18.2 Å². The van der Waals surface area contributed by atoms with Crippen LogP contribution in [0.2, 0.25) is 0 Å². The number of rotatable bonds is 6. The molecule has 3 aliphatic rings. The SMILES string of the molecule is CCc1ccccc1NC(=O)C[NH+]1CC[NH+](CC(=O)N2CCC[C@H]3CCCC[C@@H]32)CC1. The number of para-hydroxylation sites is 1. The number of nitrogens with zero attached hydrogens (tertiary/aromatic N) is 1. The second-order valence-corrected chi connectivity index (χ2v) is 9.75. The standard InChI is InChI=1S/C25H38N4O2/c1-2-20-8-3-5-11-22(20)26-24(30)18-27-14-16-28(17-15-27)19-25(31)29-13-7-10-21-9-4-6-12-23(21)29/h3,5,8,11,21,23H,2,4,6-7,9-10,12-19H2,1H3,(H,26,30)/p+2/t21-,23+/m1/s1. The van der Waals surface area contributed by atoms with E-state index in [0.29, 0.717) is 25.0 Å². The molecule has 0 aromatic heterocycles. The number of piperazine rings is 1. The van der Waals surface area contributed by atoms with Gasteiger partial charge in [-0.05, 0) is 49.7 Å². The van der Waals surface area contributed by atoms with Crippen LogP contribution in [-0.4, -0.2) is 68.6 Å². The van der Waals surface area contributed by atoms with Gasteiger partial charge in [-0.1, -0.05) is 38.0 Å². The number of fused-ring (bicyclic) bond motifs is 1. The molecule has 2 heterocycles. The van der Waals surface area contributed by atoms with Gasteiger partial charge in [0.25, 0.3) is 11.8 Å². The minimum Gasteiger partial charge on any atom is -0.335 e. The van der Waals surface area contributed by atoms with Crippen molar-refractivity contribution in [3.05, 3.63) is 29.8 Å². The molecule has 2 saturated heterocycles. The minimum absolute atomic E-state index is 0.0899. The maximum absolute atomic E-state index is 13.1. The Balaban J connectivity index is 1.21. The fourth-order valence-electron chi connectivity index (χ4n) is 5.93. The van der Waals surface area contributed by atoms with Crippen molar-refractivity contribution in [1.29, 1.82) is 0 Å². The Morgan fingerprint density at radius 2 is 1.65 bits per heavy atom. The number of anilines is 1. The highest BCUT2D eigenvalue weighted by Crippen LogP contribution is 2.35. The highest BCUT2D eigenvalue weighted by molar-refractivity contribution is 5.92. The molecule has 1 aromatic carbocycles. The number of carbonyl (C=O) groups is 2. The quantitative estimate of drug-likeness (QED) is 0.604. The van der Waals surface area contributed by atoms with Crippen LogP contribution >= 0.6 is 0 Å². The second-order valence-electron chi connectivity index (χ2n) is 9.75. The third-order valence-electron chi connectivity index (χ3n) is 7.71. The molecule has 170 valence electrons. The Bertz CT molecular complexity index is 758. The summed E-state index contributed by atoms with van der Waals surface area (Å²) < 4.78 is 0. The average molecular weight is 429 g/mol. The smallest absolute Gasteiger partial charge is 0.279 e. The van der Waals surface area contributed by atoms with Crippen molar-refractivity contribution in [1.82, 2.24) is 4.90 Å².